The van der Waals surface area contributed by atoms with E-state index in [2.05, 4.69) is 30.8 Å². The van der Waals surface area contributed by atoms with Gasteiger partial charge in [-0.3, -0.25) is 34.2 Å². The summed E-state index contributed by atoms with van der Waals surface area (Å²) in [6, 6.07) is 11.0. The Morgan fingerprint density at radius 3 is 2.39 bits per heavy atom. The first kappa shape index (κ1) is 47.6. The summed E-state index contributed by atoms with van der Waals surface area (Å²) in [5, 5.41) is 9.64. The molecular weight excluding hydrogens is 896 g/mol. The standard InChI is InChI=1S/C50H58F3N9O7/c1-27(30-20-31(50(51,52)53)22-32(54)21-30)55-44-36-23-41(40(68-4)24-38(36)56-28(2)57-44)69-26-49(16-17-49)25-60(3)46(65)29-14-18-61(19-15-29)34-10-8-33(9-11-34)58-37-7-5-6-35-43(37)48(67)62(47(35)66)39-12-13-42(63)59-45(39)64/h5-7,20-24,27,29,33-34,39,58H,8-19,25-26,54H2,1-4H3,(H,55,56,57)(H,59,63,64). The van der Waals surface area contributed by atoms with Crippen LogP contribution in [0.1, 0.15) is 115 Å². The zero-order valence-electron chi connectivity index (χ0n) is 39.2. The molecule has 69 heavy (non-hydrogen) atoms. The number of aromatic nitrogens is 2. The number of methoxy groups -OCH3 is 1. The molecule has 2 aliphatic carbocycles. The lowest BCUT2D eigenvalue weighted by Crippen LogP contribution is -2.54. The number of nitrogens with two attached hydrogens (primary N) is 1. The number of carbonyl (C=O) groups is 5. The van der Waals surface area contributed by atoms with Crippen molar-refractivity contribution in [2.75, 3.05) is 56.8 Å². The average Bonchev–Trinajstić information content (AvgIpc) is 4.04. The first-order valence-electron chi connectivity index (χ1n) is 23.7. The number of benzene rings is 3. The number of likely N-dealkylation sites (tertiary alicyclic amines) is 1. The smallest absolute Gasteiger partial charge is 0.416 e. The van der Waals surface area contributed by atoms with Gasteiger partial charge in [-0.1, -0.05) is 6.07 Å². The number of imide groups is 2. The summed E-state index contributed by atoms with van der Waals surface area (Å²) in [6.07, 6.45) is 2.58. The number of aryl methyl sites for hydroxylation is 1. The maximum atomic E-state index is 13.9. The molecule has 4 aromatic rings. The summed E-state index contributed by atoms with van der Waals surface area (Å²) in [6.45, 7) is 6.02. The van der Waals surface area contributed by atoms with Crippen LogP contribution < -0.4 is 31.2 Å². The number of fused-ring (bicyclic) bond motifs is 2. The first-order valence-corrected chi connectivity index (χ1v) is 23.7. The Hall–Kier alpha value is -6.50. The van der Waals surface area contributed by atoms with Gasteiger partial charge >= 0.3 is 6.18 Å². The molecule has 2 unspecified atom stereocenters. The summed E-state index contributed by atoms with van der Waals surface area (Å²) in [4.78, 5) is 79.7. The van der Waals surface area contributed by atoms with Gasteiger partial charge < -0.3 is 35.6 Å². The van der Waals surface area contributed by atoms with E-state index in [1.165, 1.54) is 6.07 Å². The van der Waals surface area contributed by atoms with Gasteiger partial charge in [-0.15, -0.1) is 0 Å². The highest BCUT2D eigenvalue weighted by molar-refractivity contribution is 6.25. The molecule has 0 bridgehead atoms. The Bertz CT molecular complexity index is 2700. The van der Waals surface area contributed by atoms with E-state index in [0.717, 1.165) is 81.5 Å². The maximum absolute atomic E-state index is 13.9. The lowest BCUT2D eigenvalue weighted by atomic mass is 9.87. The van der Waals surface area contributed by atoms with Crippen molar-refractivity contribution < 1.29 is 46.6 Å². The SMILES string of the molecule is COc1cc2nc(C)nc(NC(C)c3cc(N)cc(C(F)(F)F)c3)c2cc1OCC1(CN(C)C(=O)C2CCN(C3CCC(Nc4cccc5c4C(=O)N(C4CCC(=O)NC4=O)C5=O)CC3)CC2)CC1. The van der Waals surface area contributed by atoms with Crippen LogP contribution in [-0.2, 0) is 20.6 Å². The molecule has 0 radical (unpaired) electrons. The number of piperidine rings is 2. The van der Waals surface area contributed by atoms with E-state index < -0.39 is 47.5 Å². The van der Waals surface area contributed by atoms with Gasteiger partial charge in [0.05, 0.1) is 42.0 Å². The molecule has 9 rings (SSSR count). The average molecular weight is 954 g/mol. The predicted octanol–water partition coefficient (Wildman–Crippen LogP) is 6.87. The van der Waals surface area contributed by atoms with Gasteiger partial charge in [0.1, 0.15) is 17.7 Å². The number of nitrogens with zero attached hydrogens (tertiary/aromatic N) is 5. The van der Waals surface area contributed by atoms with Crippen molar-refractivity contribution in [3.8, 4) is 11.5 Å². The Labute approximate surface area is 397 Å². The van der Waals surface area contributed by atoms with Crippen LogP contribution in [0.4, 0.5) is 30.4 Å². The number of alkyl halides is 3. The maximum Gasteiger partial charge on any atom is 0.416 e. The second kappa shape index (κ2) is 18.8. The molecule has 0 spiro atoms. The summed E-state index contributed by atoms with van der Waals surface area (Å²) >= 11 is 0. The van der Waals surface area contributed by atoms with E-state index >= 15 is 0 Å². The number of nitrogen functional groups attached to an aromatic ring is 1. The van der Waals surface area contributed by atoms with Crippen LogP contribution in [0, 0.1) is 18.3 Å². The molecule has 5 aliphatic rings. The number of hydrogen-bond acceptors (Lipinski definition) is 13. The van der Waals surface area contributed by atoms with Crippen molar-refractivity contribution in [3.63, 3.8) is 0 Å². The minimum atomic E-state index is -4.55. The van der Waals surface area contributed by atoms with Crippen LogP contribution in [0.15, 0.2) is 48.5 Å². The number of hydrogen-bond donors (Lipinski definition) is 4. The fraction of sp³-hybridized carbons (Fsp3) is 0.500. The quantitative estimate of drug-likeness (QED) is 0.0754. The molecule has 5 N–H and O–H groups in total. The van der Waals surface area contributed by atoms with Crippen molar-refractivity contribution in [1.82, 2.24) is 30.0 Å². The largest absolute Gasteiger partial charge is 0.493 e. The molecule has 4 heterocycles. The van der Waals surface area contributed by atoms with Crippen LogP contribution in [-0.4, -0.2) is 113 Å². The fourth-order valence-electron chi connectivity index (χ4n) is 10.6. The van der Waals surface area contributed by atoms with Crippen LogP contribution >= 0.6 is 0 Å². The molecule has 3 aromatic carbocycles. The number of anilines is 3. The van der Waals surface area contributed by atoms with Crippen LogP contribution in [0.5, 0.6) is 11.5 Å². The Kier molecular flexibility index (Phi) is 12.9. The lowest BCUT2D eigenvalue weighted by Gasteiger charge is -2.41. The monoisotopic (exact) mass is 953 g/mol. The van der Waals surface area contributed by atoms with Gasteiger partial charge in [0.2, 0.25) is 17.7 Å². The van der Waals surface area contributed by atoms with Crippen molar-refractivity contribution in [2.45, 2.75) is 108 Å². The zero-order valence-corrected chi connectivity index (χ0v) is 39.2. The number of carbonyl (C=O) groups excluding carboxylic acids is 5. The predicted molar refractivity (Wildman–Crippen MR) is 251 cm³/mol. The first-order chi connectivity index (χ1) is 32.9. The highest BCUT2D eigenvalue weighted by Crippen LogP contribution is 2.48. The minimum Gasteiger partial charge on any atom is -0.493 e. The zero-order chi connectivity index (χ0) is 48.9. The number of rotatable bonds is 14. The van der Waals surface area contributed by atoms with Crippen molar-refractivity contribution in [3.05, 3.63) is 76.6 Å². The van der Waals surface area contributed by atoms with Gasteiger partial charge in [-0.05, 0) is 127 Å². The van der Waals surface area contributed by atoms with Crippen molar-refractivity contribution >= 4 is 57.6 Å². The third kappa shape index (κ3) is 9.87. The third-order valence-corrected chi connectivity index (χ3v) is 14.6. The van der Waals surface area contributed by atoms with Crippen LogP contribution in [0.2, 0.25) is 0 Å². The van der Waals surface area contributed by atoms with Crippen LogP contribution in [0.3, 0.4) is 0 Å². The number of nitrogens with one attached hydrogen (secondary N) is 3. The molecule has 19 heteroatoms. The van der Waals surface area contributed by atoms with E-state index in [1.54, 1.807) is 51.3 Å². The molecule has 16 nitrogen and oxygen atoms in total. The van der Waals surface area contributed by atoms with Crippen LogP contribution in [0.25, 0.3) is 10.9 Å². The molecule has 366 valence electrons. The fourth-order valence-corrected chi connectivity index (χ4v) is 10.6. The van der Waals surface area contributed by atoms with Gasteiger partial charge in [0.25, 0.3) is 11.8 Å². The Morgan fingerprint density at radius 1 is 0.971 bits per heavy atom. The molecule has 1 aromatic heterocycles. The summed E-state index contributed by atoms with van der Waals surface area (Å²) in [5.41, 5.74) is 6.83. The van der Waals surface area contributed by atoms with E-state index in [0.29, 0.717) is 64.5 Å². The Morgan fingerprint density at radius 2 is 1.71 bits per heavy atom. The highest BCUT2D eigenvalue weighted by atomic mass is 19.4. The molecule has 2 saturated heterocycles. The summed E-state index contributed by atoms with van der Waals surface area (Å²) in [5.74, 6) is -0.237. The molecular formula is C50H58F3N9O7. The Balaban J connectivity index is 0.764. The molecule has 3 aliphatic heterocycles. The molecule has 2 atom stereocenters. The van der Waals surface area contributed by atoms with Gasteiger partial charge in [0, 0.05) is 66.3 Å². The summed E-state index contributed by atoms with van der Waals surface area (Å²) in [7, 11) is 3.41. The van der Waals surface area contributed by atoms with Gasteiger partial charge in [-0.2, -0.15) is 13.2 Å². The van der Waals surface area contributed by atoms with Gasteiger partial charge in [0.15, 0.2) is 11.5 Å². The van der Waals surface area contributed by atoms with E-state index in [1.807, 2.05) is 11.9 Å². The summed E-state index contributed by atoms with van der Waals surface area (Å²) < 4.78 is 53.0. The van der Waals surface area contributed by atoms with Gasteiger partial charge in [-0.25, -0.2) is 9.97 Å². The lowest BCUT2D eigenvalue weighted by molar-refractivity contribution is -0.138. The highest BCUT2D eigenvalue weighted by Gasteiger charge is 2.47. The normalized spacial score (nSPS) is 22.2. The van der Waals surface area contributed by atoms with Crippen molar-refractivity contribution in [1.29, 1.82) is 0 Å². The van der Waals surface area contributed by atoms with E-state index in [9.17, 15) is 37.1 Å². The van der Waals surface area contributed by atoms with Crippen molar-refractivity contribution in [2.24, 2.45) is 11.3 Å². The number of ether oxygens (including phenoxy) is 2. The number of amides is 5. The minimum absolute atomic E-state index is 0.00486. The topological polar surface area (TPSA) is 201 Å². The third-order valence-electron chi connectivity index (χ3n) is 14.6. The number of halogens is 3. The molecule has 4 fully saturated rings. The second-order valence-electron chi connectivity index (χ2n) is 19.5. The molecule has 2 saturated carbocycles. The van der Waals surface area contributed by atoms with E-state index in [-0.39, 0.29) is 52.9 Å². The molecule has 5 amide bonds. The second-order valence-corrected chi connectivity index (χ2v) is 19.5. The van der Waals surface area contributed by atoms with E-state index in [4.69, 9.17) is 15.2 Å².